The molecule has 2 amide bonds. The zero-order valence-electron chi connectivity index (χ0n) is 19.0. The molecule has 1 aliphatic rings. The second-order valence-corrected chi connectivity index (χ2v) is 11.3. The first-order valence-corrected chi connectivity index (χ1v) is 12.5. The number of benzene rings is 1. The van der Waals surface area contributed by atoms with Crippen LogP contribution in [0.5, 0.6) is 0 Å². The van der Waals surface area contributed by atoms with Crippen molar-refractivity contribution in [1.29, 1.82) is 0 Å². The Labute approximate surface area is 203 Å². The molecule has 4 nitrogen and oxygen atoms in total. The summed E-state index contributed by atoms with van der Waals surface area (Å²) in [6, 6.07) is 7.26. The van der Waals surface area contributed by atoms with E-state index >= 15 is 0 Å². The highest BCUT2D eigenvalue weighted by Crippen LogP contribution is 2.44. The van der Waals surface area contributed by atoms with E-state index in [0.29, 0.717) is 35.1 Å². The van der Waals surface area contributed by atoms with Crippen molar-refractivity contribution in [2.24, 2.45) is 11.3 Å². The minimum atomic E-state index is -0.217. The molecule has 3 rings (SSSR count). The van der Waals surface area contributed by atoms with Crippen molar-refractivity contribution in [3.63, 3.8) is 0 Å². The van der Waals surface area contributed by atoms with E-state index in [4.69, 9.17) is 0 Å². The molecule has 1 unspecified atom stereocenters. The van der Waals surface area contributed by atoms with Gasteiger partial charge in [-0.25, -0.2) is 0 Å². The molecule has 6 heteroatoms. The first-order valence-electron chi connectivity index (χ1n) is 10.9. The van der Waals surface area contributed by atoms with Gasteiger partial charge >= 0.3 is 0 Å². The summed E-state index contributed by atoms with van der Waals surface area (Å²) in [5.74, 6) is 0.244. The smallest absolute Gasteiger partial charge is 0.257 e. The topological polar surface area (TPSA) is 49.4 Å². The number of thiophene rings is 1. The summed E-state index contributed by atoms with van der Waals surface area (Å²) in [6.45, 7) is 15.3. The third kappa shape index (κ3) is 5.41. The van der Waals surface area contributed by atoms with E-state index < -0.39 is 0 Å². The summed E-state index contributed by atoms with van der Waals surface area (Å²) in [7, 11) is 0. The third-order valence-electron chi connectivity index (χ3n) is 6.00. The largest absolute Gasteiger partial charge is 0.331 e. The monoisotopic (exact) mass is 514 g/mol. The van der Waals surface area contributed by atoms with Crippen LogP contribution in [0.15, 0.2) is 54.0 Å². The fraction of sp³-hybridized carbons (Fsp3) is 0.385. The molecule has 0 radical (unpaired) electrons. The molecule has 0 aliphatic heterocycles. The number of nitrogens with one attached hydrogen (secondary N) is 1. The number of amides is 2. The Morgan fingerprint density at radius 2 is 1.94 bits per heavy atom. The lowest BCUT2D eigenvalue weighted by Crippen LogP contribution is -2.33. The number of rotatable bonds is 7. The van der Waals surface area contributed by atoms with Crippen molar-refractivity contribution in [3.05, 3.63) is 75.6 Å². The highest BCUT2D eigenvalue weighted by atomic mass is 79.9. The van der Waals surface area contributed by atoms with E-state index in [2.05, 4.69) is 55.2 Å². The van der Waals surface area contributed by atoms with Crippen LogP contribution in [0, 0.1) is 11.3 Å². The third-order valence-corrected chi connectivity index (χ3v) is 7.67. The van der Waals surface area contributed by atoms with E-state index in [1.165, 1.54) is 4.88 Å². The zero-order chi connectivity index (χ0) is 23.5. The zero-order valence-corrected chi connectivity index (χ0v) is 21.4. The van der Waals surface area contributed by atoms with Crippen LogP contribution < -0.4 is 5.32 Å². The molecule has 0 spiro atoms. The van der Waals surface area contributed by atoms with E-state index in [1.807, 2.05) is 12.1 Å². The lowest BCUT2D eigenvalue weighted by atomic mass is 9.72. The summed E-state index contributed by atoms with van der Waals surface area (Å²) in [5, 5.41) is 3.68. The average molecular weight is 516 g/mol. The van der Waals surface area contributed by atoms with Gasteiger partial charge in [-0.15, -0.1) is 24.5 Å². The summed E-state index contributed by atoms with van der Waals surface area (Å²) < 4.78 is 0.836. The fourth-order valence-electron chi connectivity index (χ4n) is 4.15. The Balaban J connectivity index is 2.02. The van der Waals surface area contributed by atoms with Gasteiger partial charge in [0.15, 0.2) is 0 Å². The van der Waals surface area contributed by atoms with E-state index in [1.54, 1.807) is 40.5 Å². The summed E-state index contributed by atoms with van der Waals surface area (Å²) in [4.78, 5) is 29.5. The lowest BCUT2D eigenvalue weighted by Gasteiger charge is -2.34. The average Bonchev–Trinajstić information content (AvgIpc) is 3.09. The lowest BCUT2D eigenvalue weighted by molar-refractivity contribution is 0.0790. The van der Waals surface area contributed by atoms with Crippen LogP contribution in [-0.2, 0) is 12.8 Å². The molecule has 1 aliphatic carbocycles. The molecule has 0 fully saturated rings. The Morgan fingerprint density at radius 3 is 2.53 bits per heavy atom. The predicted octanol–water partition coefficient (Wildman–Crippen LogP) is 6.73. The number of carbonyl (C=O) groups is 2. The number of carbonyl (C=O) groups excluding carboxylic acids is 2. The van der Waals surface area contributed by atoms with Crippen molar-refractivity contribution >= 4 is 44.1 Å². The quantitative estimate of drug-likeness (QED) is 0.416. The second kappa shape index (κ2) is 10.2. The Bertz CT molecular complexity index is 1020. The standard InChI is InChI=1S/C26H31BrN2O2S/c1-6-13-29(14-7-2)25(31)22-20-12-11-18(26(3,4)5)16-21(20)32-24(22)28-23(30)17-9-8-10-19(27)15-17/h6-10,15,18H,1-2,11-14,16H2,3-5H3,(H,28,30). The predicted molar refractivity (Wildman–Crippen MR) is 138 cm³/mol. The van der Waals surface area contributed by atoms with Gasteiger partial charge in [0.1, 0.15) is 5.00 Å². The minimum Gasteiger partial charge on any atom is -0.331 e. The summed E-state index contributed by atoms with van der Waals surface area (Å²) in [6.07, 6.45) is 6.25. The van der Waals surface area contributed by atoms with Crippen LogP contribution in [0.3, 0.4) is 0 Å². The second-order valence-electron chi connectivity index (χ2n) is 9.27. The summed E-state index contributed by atoms with van der Waals surface area (Å²) in [5.41, 5.74) is 2.46. The molecular weight excluding hydrogens is 484 g/mol. The molecule has 0 saturated heterocycles. The maximum atomic E-state index is 13.6. The van der Waals surface area contributed by atoms with Crippen LogP contribution in [0.2, 0.25) is 0 Å². The summed E-state index contributed by atoms with van der Waals surface area (Å²) >= 11 is 4.97. The van der Waals surface area contributed by atoms with Gasteiger partial charge in [0, 0.05) is 28.0 Å². The normalized spacial score (nSPS) is 15.6. The number of anilines is 1. The number of hydrogen-bond acceptors (Lipinski definition) is 3. The Morgan fingerprint density at radius 1 is 1.25 bits per heavy atom. The van der Waals surface area contributed by atoms with Crippen LogP contribution in [0.1, 0.15) is 58.3 Å². The van der Waals surface area contributed by atoms with Crippen LogP contribution >= 0.6 is 27.3 Å². The van der Waals surface area contributed by atoms with Gasteiger partial charge in [-0.1, -0.05) is 54.9 Å². The first-order chi connectivity index (χ1) is 15.2. The maximum absolute atomic E-state index is 13.6. The van der Waals surface area contributed by atoms with E-state index in [0.717, 1.165) is 29.3 Å². The van der Waals surface area contributed by atoms with E-state index in [-0.39, 0.29) is 17.2 Å². The Hall–Kier alpha value is -2.18. The van der Waals surface area contributed by atoms with Crippen LogP contribution in [0.4, 0.5) is 5.00 Å². The van der Waals surface area contributed by atoms with Gasteiger partial charge in [-0.2, -0.15) is 0 Å². The molecule has 0 bridgehead atoms. The van der Waals surface area contributed by atoms with Crippen molar-refractivity contribution in [2.75, 3.05) is 18.4 Å². The molecule has 1 aromatic heterocycles. The van der Waals surface area contributed by atoms with Gasteiger partial charge in [0.2, 0.25) is 0 Å². The highest BCUT2D eigenvalue weighted by Gasteiger charge is 2.35. The van der Waals surface area contributed by atoms with Crippen molar-refractivity contribution in [1.82, 2.24) is 4.90 Å². The van der Waals surface area contributed by atoms with Gasteiger partial charge in [0.25, 0.3) is 11.8 Å². The van der Waals surface area contributed by atoms with Gasteiger partial charge in [-0.3, -0.25) is 9.59 Å². The highest BCUT2D eigenvalue weighted by molar-refractivity contribution is 9.10. The number of hydrogen-bond donors (Lipinski definition) is 1. The van der Waals surface area contributed by atoms with Crippen LogP contribution in [-0.4, -0.2) is 29.8 Å². The van der Waals surface area contributed by atoms with E-state index in [9.17, 15) is 9.59 Å². The fourth-order valence-corrected chi connectivity index (χ4v) is 5.87. The Kier molecular flexibility index (Phi) is 7.78. The molecule has 170 valence electrons. The number of fused-ring (bicyclic) bond motifs is 1. The van der Waals surface area contributed by atoms with Gasteiger partial charge in [0.05, 0.1) is 5.56 Å². The van der Waals surface area contributed by atoms with Gasteiger partial charge < -0.3 is 10.2 Å². The molecule has 1 atom stereocenters. The molecule has 0 saturated carbocycles. The molecule has 2 aromatic rings. The first kappa shape index (κ1) is 24.5. The van der Waals surface area contributed by atoms with Crippen molar-refractivity contribution in [2.45, 2.75) is 40.0 Å². The van der Waals surface area contributed by atoms with Crippen LogP contribution in [0.25, 0.3) is 0 Å². The molecule has 1 heterocycles. The minimum absolute atomic E-state index is 0.0824. The van der Waals surface area contributed by atoms with Gasteiger partial charge in [-0.05, 0) is 54.4 Å². The molecular formula is C26H31BrN2O2S. The van der Waals surface area contributed by atoms with Crippen molar-refractivity contribution in [3.8, 4) is 0 Å². The number of halogens is 1. The number of nitrogens with zero attached hydrogens (tertiary/aromatic N) is 1. The molecule has 1 aromatic carbocycles. The SMILES string of the molecule is C=CCN(CC=C)C(=O)c1c(NC(=O)c2cccc(Br)c2)sc2c1CCC(C(C)(C)C)C2. The van der Waals surface area contributed by atoms with Crippen molar-refractivity contribution < 1.29 is 9.59 Å². The molecule has 32 heavy (non-hydrogen) atoms. The maximum Gasteiger partial charge on any atom is 0.257 e. The molecule has 1 N–H and O–H groups in total.